The zero-order valence-electron chi connectivity index (χ0n) is 11.7. The lowest BCUT2D eigenvalue weighted by atomic mass is 9.90. The molecule has 1 atom stereocenters. The van der Waals surface area contributed by atoms with Crippen molar-refractivity contribution in [2.75, 3.05) is 19.3 Å². The molecule has 1 aliphatic heterocycles. The van der Waals surface area contributed by atoms with Crippen LogP contribution in [0.25, 0.3) is 0 Å². The first-order valence-electron chi connectivity index (χ1n) is 6.77. The van der Waals surface area contributed by atoms with Crippen LogP contribution in [0.4, 0.5) is 5.00 Å². The van der Waals surface area contributed by atoms with Crippen molar-refractivity contribution in [2.45, 2.75) is 19.4 Å². The summed E-state index contributed by atoms with van der Waals surface area (Å²) in [5.74, 6) is 0.400. The van der Waals surface area contributed by atoms with E-state index in [1.54, 1.807) is 11.3 Å². The second-order valence-corrected chi connectivity index (χ2v) is 6.61. The van der Waals surface area contributed by atoms with E-state index in [-0.39, 0.29) is 5.78 Å². The van der Waals surface area contributed by atoms with Crippen LogP contribution in [0.1, 0.15) is 39.2 Å². The number of ketones is 1. The molecule has 2 N–H and O–H groups in total. The van der Waals surface area contributed by atoms with Gasteiger partial charge in [0.25, 0.3) is 0 Å². The highest BCUT2D eigenvalue weighted by molar-refractivity contribution is 7.16. The van der Waals surface area contributed by atoms with Gasteiger partial charge in [0.05, 0.1) is 10.6 Å². The Hall–Kier alpha value is -1.65. The molecule has 0 spiro atoms. The molecule has 0 saturated heterocycles. The van der Waals surface area contributed by atoms with Crippen LogP contribution in [0.15, 0.2) is 30.3 Å². The van der Waals surface area contributed by atoms with Crippen LogP contribution in [0.2, 0.25) is 0 Å². The molecule has 3 nitrogen and oxygen atoms in total. The number of benzene rings is 1. The number of thiophene rings is 1. The zero-order valence-corrected chi connectivity index (χ0v) is 12.5. The van der Waals surface area contributed by atoms with Gasteiger partial charge in [-0.25, -0.2) is 0 Å². The number of nitrogens with zero attached hydrogens (tertiary/aromatic N) is 1. The number of carbonyl (C=O) groups excluding carboxylic acids is 1. The lowest BCUT2D eigenvalue weighted by Gasteiger charge is -2.28. The number of hydrogen-bond donors (Lipinski definition) is 1. The lowest BCUT2D eigenvalue weighted by Crippen LogP contribution is -2.29. The highest BCUT2D eigenvalue weighted by Crippen LogP contribution is 2.40. The highest BCUT2D eigenvalue weighted by Gasteiger charge is 2.30. The van der Waals surface area contributed by atoms with Crippen LogP contribution in [0.3, 0.4) is 0 Å². The van der Waals surface area contributed by atoms with E-state index in [4.69, 9.17) is 5.73 Å². The molecule has 1 aliphatic rings. The van der Waals surface area contributed by atoms with Gasteiger partial charge >= 0.3 is 0 Å². The molecule has 1 unspecified atom stereocenters. The van der Waals surface area contributed by atoms with Crippen molar-refractivity contribution in [1.82, 2.24) is 4.90 Å². The average Bonchev–Trinajstić information content (AvgIpc) is 2.75. The van der Waals surface area contributed by atoms with Crippen molar-refractivity contribution in [1.29, 1.82) is 0 Å². The summed E-state index contributed by atoms with van der Waals surface area (Å²) in [5, 5.41) is 0.658. The van der Waals surface area contributed by atoms with Crippen molar-refractivity contribution in [2.24, 2.45) is 0 Å². The van der Waals surface area contributed by atoms with Gasteiger partial charge in [-0.05, 0) is 18.5 Å². The fraction of sp³-hybridized carbons (Fsp3) is 0.312. The zero-order chi connectivity index (χ0) is 14.3. The van der Waals surface area contributed by atoms with Gasteiger partial charge in [0.2, 0.25) is 0 Å². The molecule has 1 aromatic heterocycles. The second-order valence-electron chi connectivity index (χ2n) is 5.47. The normalized spacial score (nSPS) is 18.8. The van der Waals surface area contributed by atoms with Crippen LogP contribution in [0, 0.1) is 0 Å². The Bertz CT molecular complexity index is 648. The van der Waals surface area contributed by atoms with Gasteiger partial charge in [-0.15, -0.1) is 11.3 Å². The third-order valence-corrected chi connectivity index (χ3v) is 4.82. The van der Waals surface area contributed by atoms with E-state index in [2.05, 4.69) is 18.9 Å². The summed E-state index contributed by atoms with van der Waals surface area (Å²) in [6.45, 7) is 4.03. The van der Waals surface area contributed by atoms with E-state index >= 15 is 0 Å². The van der Waals surface area contributed by atoms with Gasteiger partial charge in [-0.2, -0.15) is 0 Å². The van der Waals surface area contributed by atoms with Gasteiger partial charge in [-0.1, -0.05) is 37.3 Å². The number of hydrogen-bond acceptors (Lipinski definition) is 4. The largest absolute Gasteiger partial charge is 0.390 e. The smallest absolute Gasteiger partial charge is 0.196 e. The summed E-state index contributed by atoms with van der Waals surface area (Å²) in [7, 11) is 2.11. The Morgan fingerprint density at radius 1 is 1.35 bits per heavy atom. The Morgan fingerprint density at radius 2 is 2.05 bits per heavy atom. The fourth-order valence-corrected chi connectivity index (χ4v) is 4.25. The third kappa shape index (κ3) is 2.15. The predicted molar refractivity (Wildman–Crippen MR) is 83.4 cm³/mol. The Labute approximate surface area is 123 Å². The highest BCUT2D eigenvalue weighted by atomic mass is 32.1. The maximum Gasteiger partial charge on any atom is 0.196 e. The topological polar surface area (TPSA) is 46.3 Å². The minimum Gasteiger partial charge on any atom is -0.390 e. The summed E-state index contributed by atoms with van der Waals surface area (Å²) in [5.41, 5.74) is 8.76. The lowest BCUT2D eigenvalue weighted by molar-refractivity contribution is 0.103. The van der Waals surface area contributed by atoms with E-state index < -0.39 is 0 Å². The van der Waals surface area contributed by atoms with E-state index in [1.807, 2.05) is 30.3 Å². The van der Waals surface area contributed by atoms with E-state index in [0.717, 1.165) is 18.7 Å². The van der Waals surface area contributed by atoms with Crippen LogP contribution in [-0.2, 0) is 6.54 Å². The quantitative estimate of drug-likeness (QED) is 0.863. The van der Waals surface area contributed by atoms with Crippen LogP contribution >= 0.6 is 11.3 Å². The number of nitrogen functional groups attached to an aromatic ring is 1. The molecule has 0 bridgehead atoms. The van der Waals surface area contributed by atoms with E-state index in [1.165, 1.54) is 10.4 Å². The van der Waals surface area contributed by atoms with E-state index in [9.17, 15) is 4.79 Å². The predicted octanol–water partition coefficient (Wildman–Crippen LogP) is 3.11. The molecule has 104 valence electrons. The average molecular weight is 286 g/mol. The molecular weight excluding hydrogens is 268 g/mol. The summed E-state index contributed by atoms with van der Waals surface area (Å²) in [6.07, 6.45) is 0. The molecule has 0 aliphatic carbocycles. The number of rotatable bonds is 2. The number of fused-ring (bicyclic) bond motifs is 1. The summed E-state index contributed by atoms with van der Waals surface area (Å²) in [6, 6.07) is 9.40. The summed E-state index contributed by atoms with van der Waals surface area (Å²) >= 11 is 1.56. The molecule has 2 heterocycles. The Kier molecular flexibility index (Phi) is 3.36. The number of nitrogens with two attached hydrogens (primary N) is 1. The molecule has 0 radical (unpaired) electrons. The number of likely N-dealkylation sites (N-methyl/N-ethyl adjacent to an activating group) is 1. The minimum absolute atomic E-state index is 0.0528. The van der Waals surface area contributed by atoms with Crippen LogP contribution < -0.4 is 5.73 Å². The molecule has 0 fully saturated rings. The number of anilines is 1. The Balaban J connectivity index is 2.09. The maximum absolute atomic E-state index is 12.7. The minimum atomic E-state index is 0.0528. The monoisotopic (exact) mass is 286 g/mol. The Morgan fingerprint density at radius 3 is 2.75 bits per heavy atom. The first kappa shape index (κ1) is 13.3. The molecular formula is C16H18N2OS. The van der Waals surface area contributed by atoms with Gasteiger partial charge in [-0.3, -0.25) is 4.79 Å². The number of carbonyl (C=O) groups is 1. The van der Waals surface area contributed by atoms with E-state index in [0.29, 0.717) is 16.5 Å². The van der Waals surface area contributed by atoms with Crippen molar-refractivity contribution >= 4 is 22.1 Å². The van der Waals surface area contributed by atoms with Crippen molar-refractivity contribution in [3.8, 4) is 0 Å². The molecule has 20 heavy (non-hydrogen) atoms. The van der Waals surface area contributed by atoms with Gasteiger partial charge < -0.3 is 10.6 Å². The van der Waals surface area contributed by atoms with Crippen molar-refractivity contribution in [3.05, 3.63) is 51.9 Å². The fourth-order valence-electron chi connectivity index (χ4n) is 2.99. The molecule has 3 rings (SSSR count). The van der Waals surface area contributed by atoms with Gasteiger partial charge in [0.1, 0.15) is 0 Å². The molecule has 1 aromatic carbocycles. The first-order valence-corrected chi connectivity index (χ1v) is 7.59. The SMILES string of the molecule is CC1CN(C)Cc2sc(N)c(C(=O)c3ccccc3)c21. The third-order valence-electron chi connectivity index (χ3n) is 3.80. The maximum atomic E-state index is 12.7. The molecule has 0 amide bonds. The van der Waals surface area contributed by atoms with Crippen LogP contribution in [0.5, 0.6) is 0 Å². The standard InChI is InChI=1S/C16H18N2OS/c1-10-8-18(2)9-12-13(10)14(16(17)20-12)15(19)11-6-4-3-5-7-11/h3-7,10H,8-9,17H2,1-2H3. The van der Waals surface area contributed by atoms with Gasteiger partial charge in [0.15, 0.2) is 5.78 Å². The second kappa shape index (κ2) is 5.04. The summed E-state index contributed by atoms with van der Waals surface area (Å²) < 4.78 is 0. The molecule has 4 heteroatoms. The molecule has 0 saturated carbocycles. The van der Waals surface area contributed by atoms with Crippen LogP contribution in [-0.4, -0.2) is 24.3 Å². The summed E-state index contributed by atoms with van der Waals surface area (Å²) in [4.78, 5) is 16.3. The van der Waals surface area contributed by atoms with Crippen molar-refractivity contribution < 1.29 is 4.79 Å². The van der Waals surface area contributed by atoms with Gasteiger partial charge in [0, 0.05) is 23.5 Å². The first-order chi connectivity index (χ1) is 9.58. The molecule has 2 aromatic rings. The van der Waals surface area contributed by atoms with Crippen molar-refractivity contribution in [3.63, 3.8) is 0 Å².